The first-order chi connectivity index (χ1) is 9.22. The average molecular weight is 260 g/mol. The Hall–Kier alpha value is -1.39. The van der Waals surface area contributed by atoms with Crippen molar-refractivity contribution in [1.29, 1.82) is 0 Å². The predicted octanol–water partition coefficient (Wildman–Crippen LogP) is 2.14. The highest BCUT2D eigenvalue weighted by molar-refractivity contribution is 5.75. The molecule has 2 aromatic rings. The highest BCUT2D eigenvalue weighted by Crippen LogP contribution is 2.26. The molecule has 1 fully saturated rings. The van der Waals surface area contributed by atoms with Gasteiger partial charge in [0, 0.05) is 39.0 Å². The summed E-state index contributed by atoms with van der Waals surface area (Å²) in [6.45, 7) is 4.28. The van der Waals surface area contributed by atoms with Gasteiger partial charge in [0.2, 0.25) is 0 Å². The number of hydrogen-bond acceptors (Lipinski definition) is 3. The minimum atomic E-state index is -0.660. The fraction of sp³-hybridized carbons (Fsp3) is 0.533. The van der Waals surface area contributed by atoms with Gasteiger partial charge < -0.3 is 14.4 Å². The second-order valence-electron chi connectivity index (χ2n) is 5.27. The monoisotopic (exact) mass is 260 g/mol. The molecule has 4 heteroatoms. The van der Waals surface area contributed by atoms with Crippen molar-refractivity contribution < 1.29 is 9.84 Å². The normalized spacial score (nSPS) is 18.8. The summed E-state index contributed by atoms with van der Waals surface area (Å²) in [6.07, 6.45) is 2.00. The van der Waals surface area contributed by atoms with E-state index < -0.39 is 5.60 Å². The summed E-state index contributed by atoms with van der Waals surface area (Å²) in [7, 11) is 0. The lowest BCUT2D eigenvalue weighted by atomic mass is 9.90. The number of imidazole rings is 1. The number of rotatable bonds is 3. The first-order valence-corrected chi connectivity index (χ1v) is 6.96. The number of ether oxygens (including phenoxy) is 1. The Balaban J connectivity index is 1.95. The van der Waals surface area contributed by atoms with E-state index >= 15 is 0 Å². The third kappa shape index (κ3) is 2.38. The Bertz CT molecular complexity index is 571. The van der Waals surface area contributed by atoms with Crippen LogP contribution in [0.25, 0.3) is 11.0 Å². The topological polar surface area (TPSA) is 47.3 Å². The first-order valence-electron chi connectivity index (χ1n) is 6.96. The number of benzene rings is 1. The number of aryl methyl sites for hydroxylation is 1. The van der Waals surface area contributed by atoms with Crippen LogP contribution < -0.4 is 0 Å². The van der Waals surface area contributed by atoms with Gasteiger partial charge in [-0.2, -0.15) is 0 Å². The van der Waals surface area contributed by atoms with Gasteiger partial charge in [-0.3, -0.25) is 0 Å². The number of aliphatic hydroxyl groups is 1. The van der Waals surface area contributed by atoms with Crippen LogP contribution >= 0.6 is 0 Å². The van der Waals surface area contributed by atoms with Crippen molar-refractivity contribution in [1.82, 2.24) is 9.55 Å². The summed E-state index contributed by atoms with van der Waals surface area (Å²) in [5.41, 5.74) is 1.50. The summed E-state index contributed by atoms with van der Waals surface area (Å²) >= 11 is 0. The molecule has 1 aromatic carbocycles. The van der Waals surface area contributed by atoms with Crippen LogP contribution in [0.5, 0.6) is 0 Å². The van der Waals surface area contributed by atoms with Crippen LogP contribution in [0.15, 0.2) is 24.3 Å². The van der Waals surface area contributed by atoms with Crippen molar-refractivity contribution >= 4 is 11.0 Å². The van der Waals surface area contributed by atoms with Crippen molar-refractivity contribution in [3.8, 4) is 0 Å². The minimum Gasteiger partial charge on any atom is -0.389 e. The van der Waals surface area contributed by atoms with E-state index in [4.69, 9.17) is 4.74 Å². The maximum atomic E-state index is 10.6. The second-order valence-corrected chi connectivity index (χ2v) is 5.27. The zero-order valence-electron chi connectivity index (χ0n) is 11.3. The third-order valence-electron chi connectivity index (χ3n) is 3.96. The van der Waals surface area contributed by atoms with Crippen LogP contribution in [0.4, 0.5) is 0 Å². The molecule has 0 atom stereocenters. The predicted molar refractivity (Wildman–Crippen MR) is 74.1 cm³/mol. The number of nitrogens with zero attached hydrogens (tertiary/aromatic N) is 2. The van der Waals surface area contributed by atoms with E-state index in [0.717, 1.165) is 23.4 Å². The highest BCUT2D eigenvalue weighted by Gasteiger charge is 2.31. The van der Waals surface area contributed by atoms with Crippen LogP contribution in [0.3, 0.4) is 0 Å². The van der Waals surface area contributed by atoms with Gasteiger partial charge in [-0.15, -0.1) is 0 Å². The first kappa shape index (κ1) is 12.6. The summed E-state index contributed by atoms with van der Waals surface area (Å²) in [5, 5.41) is 10.6. The molecule has 0 spiro atoms. The number of hydrogen-bond donors (Lipinski definition) is 1. The molecule has 19 heavy (non-hydrogen) atoms. The molecule has 4 nitrogen and oxygen atoms in total. The maximum absolute atomic E-state index is 10.6. The molecule has 0 aliphatic carbocycles. The van der Waals surface area contributed by atoms with Crippen molar-refractivity contribution in [2.24, 2.45) is 0 Å². The fourth-order valence-electron chi connectivity index (χ4n) is 2.84. The van der Waals surface area contributed by atoms with E-state index in [-0.39, 0.29) is 0 Å². The Kier molecular flexibility index (Phi) is 3.29. The lowest BCUT2D eigenvalue weighted by Gasteiger charge is -2.31. The molecular weight excluding hydrogens is 240 g/mol. The summed E-state index contributed by atoms with van der Waals surface area (Å²) < 4.78 is 7.53. The summed E-state index contributed by atoms with van der Waals surface area (Å²) in [5.74, 6) is 0.980. The Labute approximate surface area is 113 Å². The van der Waals surface area contributed by atoms with E-state index in [0.29, 0.717) is 32.5 Å². The minimum absolute atomic E-state index is 0.610. The smallest absolute Gasteiger partial charge is 0.112 e. The van der Waals surface area contributed by atoms with E-state index in [9.17, 15) is 5.11 Å². The van der Waals surface area contributed by atoms with Crippen LogP contribution in [-0.4, -0.2) is 33.5 Å². The van der Waals surface area contributed by atoms with Crippen molar-refractivity contribution in [2.75, 3.05) is 13.2 Å². The van der Waals surface area contributed by atoms with Crippen LogP contribution in [-0.2, 0) is 17.7 Å². The van der Waals surface area contributed by atoms with Crippen molar-refractivity contribution in [2.45, 2.75) is 38.3 Å². The quantitative estimate of drug-likeness (QED) is 0.919. The van der Waals surface area contributed by atoms with Gasteiger partial charge in [0.15, 0.2) is 0 Å². The molecule has 0 amide bonds. The molecule has 1 saturated heterocycles. The van der Waals surface area contributed by atoms with Crippen LogP contribution in [0.1, 0.15) is 25.6 Å². The molecule has 3 rings (SSSR count). The van der Waals surface area contributed by atoms with E-state index in [1.54, 1.807) is 0 Å². The molecule has 2 heterocycles. The molecule has 1 N–H and O–H groups in total. The molecule has 102 valence electrons. The molecule has 0 unspecified atom stereocenters. The van der Waals surface area contributed by atoms with Gasteiger partial charge in [0.1, 0.15) is 5.82 Å². The Morgan fingerprint density at radius 2 is 2.05 bits per heavy atom. The number of aromatic nitrogens is 2. The number of fused-ring (bicyclic) bond motifs is 1. The zero-order valence-corrected chi connectivity index (χ0v) is 11.3. The molecule has 1 aliphatic rings. The van der Waals surface area contributed by atoms with Gasteiger partial charge in [-0.25, -0.2) is 4.98 Å². The number of para-hydroxylation sites is 2. The molecule has 0 saturated carbocycles. The second kappa shape index (κ2) is 4.94. The van der Waals surface area contributed by atoms with Gasteiger partial charge in [-0.05, 0) is 19.1 Å². The average Bonchev–Trinajstić information content (AvgIpc) is 2.75. The fourth-order valence-corrected chi connectivity index (χ4v) is 2.84. The lowest BCUT2D eigenvalue weighted by molar-refractivity contribution is -0.0639. The van der Waals surface area contributed by atoms with Gasteiger partial charge in [-0.1, -0.05) is 12.1 Å². The molecular formula is C15H20N2O2. The highest BCUT2D eigenvalue weighted by atomic mass is 16.5. The Morgan fingerprint density at radius 1 is 1.32 bits per heavy atom. The van der Waals surface area contributed by atoms with E-state index in [1.807, 2.05) is 18.2 Å². The van der Waals surface area contributed by atoms with Gasteiger partial charge >= 0.3 is 0 Å². The largest absolute Gasteiger partial charge is 0.389 e. The SMILES string of the molecule is CCn1c(CC2(O)CCOCC2)nc2ccccc21. The summed E-state index contributed by atoms with van der Waals surface area (Å²) in [6, 6.07) is 8.15. The lowest BCUT2D eigenvalue weighted by Crippen LogP contribution is -2.39. The van der Waals surface area contributed by atoms with E-state index in [1.165, 1.54) is 0 Å². The van der Waals surface area contributed by atoms with Gasteiger partial charge in [0.05, 0.1) is 16.6 Å². The molecule has 1 aliphatic heterocycles. The molecule has 1 aromatic heterocycles. The van der Waals surface area contributed by atoms with Crippen molar-refractivity contribution in [3.05, 3.63) is 30.1 Å². The van der Waals surface area contributed by atoms with Crippen LogP contribution in [0, 0.1) is 0 Å². The third-order valence-corrected chi connectivity index (χ3v) is 3.96. The van der Waals surface area contributed by atoms with E-state index in [2.05, 4.69) is 22.5 Å². The Morgan fingerprint density at radius 3 is 2.79 bits per heavy atom. The standard InChI is InChI=1S/C15H20N2O2/c1-2-17-13-6-4-3-5-12(13)16-14(17)11-15(18)7-9-19-10-8-15/h3-6,18H,2,7-11H2,1H3. The molecule has 0 bridgehead atoms. The van der Waals surface area contributed by atoms with Crippen molar-refractivity contribution in [3.63, 3.8) is 0 Å². The van der Waals surface area contributed by atoms with Gasteiger partial charge in [0.25, 0.3) is 0 Å². The summed E-state index contributed by atoms with van der Waals surface area (Å²) in [4.78, 5) is 4.68. The molecule has 0 radical (unpaired) electrons. The maximum Gasteiger partial charge on any atom is 0.112 e. The zero-order chi connectivity index (χ0) is 13.3. The van der Waals surface area contributed by atoms with Crippen LogP contribution in [0.2, 0.25) is 0 Å².